The Hall–Kier alpha value is -2.73. The maximum Gasteiger partial charge on any atom is 0.182 e. The van der Waals surface area contributed by atoms with Crippen molar-refractivity contribution in [3.63, 3.8) is 0 Å². The molecule has 1 atom stereocenters. The molecule has 1 saturated heterocycles. The SMILES string of the molecule is Clc1ccc2c(c1)C1C=C(c3ccco3)NN1C1(CCN(Cc3ccccc3)CC1)O2. The molecule has 1 aromatic heterocycles. The number of hydrogen-bond donors (Lipinski definition) is 1. The molecule has 6 rings (SSSR count). The lowest BCUT2D eigenvalue weighted by Crippen LogP contribution is -2.63. The summed E-state index contributed by atoms with van der Waals surface area (Å²) in [5.74, 6) is 1.75. The first-order valence-electron chi connectivity index (χ1n) is 10.8. The van der Waals surface area contributed by atoms with Crippen molar-refractivity contribution in [2.24, 2.45) is 0 Å². The summed E-state index contributed by atoms with van der Waals surface area (Å²) in [5, 5.41) is 2.99. The van der Waals surface area contributed by atoms with Gasteiger partial charge < -0.3 is 14.6 Å². The highest BCUT2D eigenvalue weighted by atomic mass is 35.5. The number of furan rings is 1. The van der Waals surface area contributed by atoms with Crippen LogP contribution >= 0.6 is 11.6 Å². The van der Waals surface area contributed by atoms with Gasteiger partial charge in [0, 0.05) is 43.1 Å². The zero-order valence-corrected chi connectivity index (χ0v) is 17.9. The van der Waals surface area contributed by atoms with Crippen molar-refractivity contribution in [2.75, 3.05) is 13.1 Å². The summed E-state index contributed by atoms with van der Waals surface area (Å²) in [4.78, 5) is 2.51. The maximum absolute atomic E-state index is 6.71. The van der Waals surface area contributed by atoms with Gasteiger partial charge in [0.2, 0.25) is 0 Å². The van der Waals surface area contributed by atoms with Crippen LogP contribution < -0.4 is 10.2 Å². The number of halogens is 1. The molecule has 1 spiro atoms. The van der Waals surface area contributed by atoms with Gasteiger partial charge in [0.15, 0.2) is 11.5 Å². The van der Waals surface area contributed by atoms with Crippen molar-refractivity contribution in [3.05, 3.63) is 94.9 Å². The Morgan fingerprint density at radius 2 is 1.87 bits per heavy atom. The molecular weight excluding hydrogens is 410 g/mol. The quantitative estimate of drug-likeness (QED) is 0.613. The highest BCUT2D eigenvalue weighted by molar-refractivity contribution is 6.30. The minimum atomic E-state index is -0.413. The highest BCUT2D eigenvalue weighted by Crippen LogP contribution is 2.49. The van der Waals surface area contributed by atoms with Crippen LogP contribution in [0, 0.1) is 0 Å². The number of hydrogen-bond acceptors (Lipinski definition) is 5. The van der Waals surface area contributed by atoms with Gasteiger partial charge in [-0.25, -0.2) is 0 Å². The van der Waals surface area contributed by atoms with E-state index in [1.165, 1.54) is 5.56 Å². The Morgan fingerprint density at radius 1 is 1.03 bits per heavy atom. The number of nitrogens with one attached hydrogen (secondary N) is 1. The third-order valence-corrected chi connectivity index (χ3v) is 6.78. The van der Waals surface area contributed by atoms with Crippen molar-refractivity contribution < 1.29 is 9.15 Å². The van der Waals surface area contributed by atoms with E-state index in [1.54, 1.807) is 6.26 Å². The molecule has 3 aliphatic rings. The van der Waals surface area contributed by atoms with Crippen LogP contribution in [0.2, 0.25) is 5.02 Å². The van der Waals surface area contributed by atoms with Crippen molar-refractivity contribution in [3.8, 4) is 5.75 Å². The van der Waals surface area contributed by atoms with Gasteiger partial charge >= 0.3 is 0 Å². The van der Waals surface area contributed by atoms with Crippen molar-refractivity contribution in [1.82, 2.24) is 15.3 Å². The van der Waals surface area contributed by atoms with Gasteiger partial charge in [-0.2, -0.15) is 5.01 Å². The summed E-state index contributed by atoms with van der Waals surface area (Å²) in [6.45, 7) is 2.91. The highest BCUT2D eigenvalue weighted by Gasteiger charge is 2.51. The first-order chi connectivity index (χ1) is 15.2. The summed E-state index contributed by atoms with van der Waals surface area (Å²) < 4.78 is 12.4. The van der Waals surface area contributed by atoms with E-state index in [0.29, 0.717) is 0 Å². The van der Waals surface area contributed by atoms with E-state index in [1.807, 2.05) is 30.3 Å². The summed E-state index contributed by atoms with van der Waals surface area (Å²) >= 11 is 6.34. The van der Waals surface area contributed by atoms with E-state index in [0.717, 1.165) is 60.3 Å². The molecule has 4 heterocycles. The smallest absolute Gasteiger partial charge is 0.182 e. The predicted octanol–water partition coefficient (Wildman–Crippen LogP) is 5.22. The zero-order chi connectivity index (χ0) is 20.8. The van der Waals surface area contributed by atoms with Crippen molar-refractivity contribution in [1.29, 1.82) is 0 Å². The molecule has 0 bridgehead atoms. The lowest BCUT2D eigenvalue weighted by Gasteiger charge is -2.51. The van der Waals surface area contributed by atoms with E-state index < -0.39 is 5.72 Å². The van der Waals surface area contributed by atoms with Crippen LogP contribution in [0.3, 0.4) is 0 Å². The Morgan fingerprint density at radius 3 is 2.65 bits per heavy atom. The minimum absolute atomic E-state index is 0.0447. The molecule has 1 unspecified atom stereocenters. The molecule has 6 heteroatoms. The number of rotatable bonds is 3. The van der Waals surface area contributed by atoms with E-state index in [9.17, 15) is 0 Å². The van der Waals surface area contributed by atoms with Gasteiger partial charge in [-0.15, -0.1) is 0 Å². The molecule has 2 aromatic carbocycles. The monoisotopic (exact) mass is 433 g/mol. The number of benzene rings is 2. The van der Waals surface area contributed by atoms with Gasteiger partial charge in [0.05, 0.1) is 18.0 Å². The zero-order valence-electron chi connectivity index (χ0n) is 17.1. The topological polar surface area (TPSA) is 40.9 Å². The molecule has 5 nitrogen and oxygen atoms in total. The Kier molecular flexibility index (Phi) is 4.56. The lowest BCUT2D eigenvalue weighted by molar-refractivity contribution is -0.160. The number of fused-ring (bicyclic) bond motifs is 4. The van der Waals surface area contributed by atoms with Crippen LogP contribution in [0.5, 0.6) is 5.75 Å². The van der Waals surface area contributed by atoms with Crippen LogP contribution in [-0.2, 0) is 6.54 Å². The Labute approximate surface area is 186 Å². The third kappa shape index (κ3) is 3.33. The molecule has 158 valence electrons. The first-order valence-corrected chi connectivity index (χ1v) is 11.1. The van der Waals surface area contributed by atoms with Crippen LogP contribution in [0.25, 0.3) is 5.70 Å². The first kappa shape index (κ1) is 19.0. The second-order valence-electron chi connectivity index (χ2n) is 8.48. The van der Waals surface area contributed by atoms with E-state index >= 15 is 0 Å². The van der Waals surface area contributed by atoms with E-state index in [-0.39, 0.29) is 6.04 Å². The van der Waals surface area contributed by atoms with Gasteiger partial charge in [0.25, 0.3) is 0 Å². The second-order valence-corrected chi connectivity index (χ2v) is 8.91. The Bertz CT molecular complexity index is 1110. The van der Waals surface area contributed by atoms with E-state index in [2.05, 4.69) is 51.7 Å². The minimum Gasteiger partial charge on any atom is -0.470 e. The molecule has 3 aromatic rings. The molecule has 31 heavy (non-hydrogen) atoms. The normalized spacial score (nSPS) is 22.4. The molecule has 0 saturated carbocycles. The van der Waals surface area contributed by atoms with Gasteiger partial charge in [-0.3, -0.25) is 4.90 Å². The summed E-state index contributed by atoms with van der Waals surface area (Å²) in [6, 6.07) is 20.5. The van der Waals surface area contributed by atoms with Crippen LogP contribution in [0.4, 0.5) is 0 Å². The lowest BCUT2D eigenvalue weighted by atomic mass is 9.92. The third-order valence-electron chi connectivity index (χ3n) is 6.55. The predicted molar refractivity (Wildman–Crippen MR) is 120 cm³/mol. The second kappa shape index (κ2) is 7.45. The van der Waals surface area contributed by atoms with Crippen molar-refractivity contribution in [2.45, 2.75) is 31.2 Å². The molecule has 3 aliphatic heterocycles. The maximum atomic E-state index is 6.71. The van der Waals surface area contributed by atoms with Crippen LogP contribution in [0.15, 0.2) is 77.4 Å². The largest absolute Gasteiger partial charge is 0.470 e. The molecule has 0 radical (unpaired) electrons. The molecule has 0 amide bonds. The molecular formula is C25H24ClN3O2. The summed E-state index contributed by atoms with van der Waals surface area (Å²) in [6.07, 6.45) is 5.73. The number of piperidine rings is 1. The van der Waals surface area contributed by atoms with Crippen LogP contribution in [-0.4, -0.2) is 28.7 Å². The number of likely N-dealkylation sites (tertiary alicyclic amines) is 1. The molecule has 1 fully saturated rings. The van der Waals surface area contributed by atoms with E-state index in [4.69, 9.17) is 20.8 Å². The van der Waals surface area contributed by atoms with Gasteiger partial charge in [-0.05, 0) is 42.0 Å². The summed E-state index contributed by atoms with van der Waals surface area (Å²) in [7, 11) is 0. The van der Waals surface area contributed by atoms with Crippen LogP contribution in [0.1, 0.15) is 35.8 Å². The fourth-order valence-corrected chi connectivity index (χ4v) is 5.15. The number of nitrogens with zero attached hydrogens (tertiary/aromatic N) is 2. The molecule has 0 aliphatic carbocycles. The fourth-order valence-electron chi connectivity index (χ4n) is 4.96. The summed E-state index contributed by atoms with van der Waals surface area (Å²) in [5.41, 5.74) is 6.58. The number of ether oxygens (including phenoxy) is 1. The number of hydrazine groups is 1. The molecule has 1 N–H and O–H groups in total. The standard InChI is InChI=1S/C25H24ClN3O2/c26-19-8-9-23-20(15-19)22-16-21(24-7-4-14-30-24)27-29(22)25(31-23)10-12-28(13-11-25)17-18-5-2-1-3-6-18/h1-9,14-16,22,27H,10-13,17H2. The fraction of sp³-hybridized carbons (Fsp3) is 0.280. The Balaban J connectivity index is 1.29. The van der Waals surface area contributed by atoms with Gasteiger partial charge in [0.1, 0.15) is 5.75 Å². The van der Waals surface area contributed by atoms with Gasteiger partial charge in [-0.1, -0.05) is 41.9 Å². The average Bonchev–Trinajstić information content (AvgIpc) is 3.47. The van der Waals surface area contributed by atoms with Crippen molar-refractivity contribution >= 4 is 17.3 Å². The average molecular weight is 434 g/mol.